The molecule has 3 aromatic rings. The van der Waals surface area contributed by atoms with Crippen LogP contribution < -0.4 is 9.47 Å². The van der Waals surface area contributed by atoms with E-state index >= 15 is 0 Å². The minimum Gasteiger partial charge on any atom is -0.507 e. The molecule has 1 aliphatic heterocycles. The van der Waals surface area contributed by atoms with Crippen LogP contribution in [0.15, 0.2) is 72.3 Å². The number of amides is 1. The van der Waals surface area contributed by atoms with Crippen LogP contribution in [-0.2, 0) is 20.7 Å². The number of carbonyl (C=O) groups is 3. The molecule has 0 radical (unpaired) electrons. The van der Waals surface area contributed by atoms with Crippen molar-refractivity contribution < 1.29 is 38.1 Å². The lowest BCUT2D eigenvalue weighted by molar-refractivity contribution is -0.139. The number of hydrogen-bond acceptors (Lipinski definition) is 7. The molecule has 1 saturated heterocycles. The number of nitrogens with zero attached hydrogens (tertiary/aromatic N) is 1. The summed E-state index contributed by atoms with van der Waals surface area (Å²) >= 11 is 0. The second-order valence-electron chi connectivity index (χ2n) is 8.55. The second kappa shape index (κ2) is 11.2. The van der Waals surface area contributed by atoms with Gasteiger partial charge in [-0.1, -0.05) is 18.2 Å². The normalized spacial score (nSPS) is 16.4. The third-order valence-corrected chi connectivity index (χ3v) is 6.39. The predicted molar refractivity (Wildman–Crippen MR) is 136 cm³/mol. The number of ketones is 1. The van der Waals surface area contributed by atoms with Gasteiger partial charge in [-0.3, -0.25) is 9.59 Å². The van der Waals surface area contributed by atoms with Gasteiger partial charge in [0.05, 0.1) is 38.5 Å². The zero-order chi connectivity index (χ0) is 27.4. The minimum atomic E-state index is -0.938. The molecule has 38 heavy (non-hydrogen) atoms. The number of hydrogen-bond donors (Lipinski definition) is 1. The summed E-state index contributed by atoms with van der Waals surface area (Å²) in [5.74, 6) is -2.02. The van der Waals surface area contributed by atoms with Crippen LogP contribution in [0, 0.1) is 5.82 Å². The van der Waals surface area contributed by atoms with E-state index in [9.17, 15) is 23.9 Å². The molecule has 196 valence electrons. The van der Waals surface area contributed by atoms with Crippen molar-refractivity contribution in [3.05, 3.63) is 100 Å². The van der Waals surface area contributed by atoms with Crippen LogP contribution in [0.2, 0.25) is 0 Å². The number of halogens is 1. The van der Waals surface area contributed by atoms with E-state index < -0.39 is 35.3 Å². The molecule has 1 aliphatic rings. The van der Waals surface area contributed by atoms with Crippen LogP contribution in [0.25, 0.3) is 5.76 Å². The lowest BCUT2D eigenvalue weighted by Gasteiger charge is -2.25. The SMILES string of the molecule is COC(=O)c1ccc(C2/C(=C(/O)c3ccc(F)cc3)C(=O)C(=O)N2CCc2ccc(OC)c(OC)c2)cc1. The van der Waals surface area contributed by atoms with Crippen LogP contribution in [0.4, 0.5) is 4.39 Å². The fourth-order valence-electron chi connectivity index (χ4n) is 4.43. The van der Waals surface area contributed by atoms with Crippen molar-refractivity contribution in [2.24, 2.45) is 0 Å². The van der Waals surface area contributed by atoms with Crippen molar-refractivity contribution in [1.82, 2.24) is 4.90 Å². The molecule has 0 saturated carbocycles. The number of aliphatic hydroxyl groups is 1. The highest BCUT2D eigenvalue weighted by molar-refractivity contribution is 6.46. The van der Waals surface area contributed by atoms with E-state index in [0.29, 0.717) is 23.5 Å². The maximum atomic E-state index is 13.5. The summed E-state index contributed by atoms with van der Waals surface area (Å²) in [7, 11) is 4.32. The average molecular weight is 520 g/mol. The summed E-state index contributed by atoms with van der Waals surface area (Å²) < 4.78 is 28.9. The largest absolute Gasteiger partial charge is 0.507 e. The van der Waals surface area contributed by atoms with Crippen LogP contribution in [0.1, 0.15) is 33.1 Å². The van der Waals surface area contributed by atoms with E-state index in [1.54, 1.807) is 24.3 Å². The Morgan fingerprint density at radius 3 is 2.13 bits per heavy atom. The van der Waals surface area contributed by atoms with Crippen molar-refractivity contribution in [2.75, 3.05) is 27.9 Å². The van der Waals surface area contributed by atoms with E-state index in [1.165, 1.54) is 50.5 Å². The highest BCUT2D eigenvalue weighted by Crippen LogP contribution is 2.40. The summed E-state index contributed by atoms with van der Waals surface area (Å²) in [5.41, 5.74) is 1.70. The zero-order valence-electron chi connectivity index (χ0n) is 21.1. The minimum absolute atomic E-state index is 0.125. The highest BCUT2D eigenvalue weighted by atomic mass is 19.1. The Hall–Kier alpha value is -4.66. The topological polar surface area (TPSA) is 102 Å². The molecule has 1 heterocycles. The van der Waals surface area contributed by atoms with Crippen molar-refractivity contribution in [3.8, 4) is 11.5 Å². The molecule has 1 amide bonds. The molecule has 0 bridgehead atoms. The number of ether oxygens (including phenoxy) is 3. The maximum absolute atomic E-state index is 13.5. The van der Waals surface area contributed by atoms with Crippen LogP contribution in [-0.4, -0.2) is 55.5 Å². The number of carbonyl (C=O) groups excluding carboxylic acids is 3. The number of aliphatic hydroxyl groups excluding tert-OH is 1. The number of benzene rings is 3. The Bertz CT molecular complexity index is 1400. The van der Waals surface area contributed by atoms with Crippen molar-refractivity contribution in [3.63, 3.8) is 0 Å². The monoisotopic (exact) mass is 519 g/mol. The van der Waals surface area contributed by atoms with Crippen LogP contribution >= 0.6 is 0 Å². The average Bonchev–Trinajstić information content (AvgIpc) is 3.20. The molecule has 0 spiro atoms. The first-order chi connectivity index (χ1) is 18.3. The number of methoxy groups -OCH3 is 3. The summed E-state index contributed by atoms with van der Waals surface area (Å²) in [6.45, 7) is 0.143. The Morgan fingerprint density at radius 2 is 1.53 bits per heavy atom. The quantitative estimate of drug-likeness (QED) is 0.205. The molecule has 3 aromatic carbocycles. The molecular weight excluding hydrogens is 493 g/mol. The van der Waals surface area contributed by atoms with E-state index in [0.717, 1.165) is 17.7 Å². The molecular formula is C29H26FNO7. The van der Waals surface area contributed by atoms with Gasteiger partial charge in [-0.25, -0.2) is 9.18 Å². The number of likely N-dealkylation sites (tertiary alicyclic amines) is 1. The molecule has 1 unspecified atom stereocenters. The van der Waals surface area contributed by atoms with Crippen molar-refractivity contribution in [2.45, 2.75) is 12.5 Å². The zero-order valence-corrected chi connectivity index (χ0v) is 21.1. The third-order valence-electron chi connectivity index (χ3n) is 6.39. The highest BCUT2D eigenvalue weighted by Gasteiger charge is 2.45. The molecule has 1 fully saturated rings. The molecule has 0 aromatic heterocycles. The van der Waals surface area contributed by atoms with Crippen LogP contribution in [0.3, 0.4) is 0 Å². The number of rotatable bonds is 8. The lowest BCUT2D eigenvalue weighted by atomic mass is 9.94. The van der Waals surface area contributed by atoms with E-state index in [1.807, 2.05) is 6.07 Å². The fraction of sp³-hybridized carbons (Fsp3) is 0.207. The smallest absolute Gasteiger partial charge is 0.337 e. The van der Waals surface area contributed by atoms with Gasteiger partial charge in [-0.15, -0.1) is 0 Å². The maximum Gasteiger partial charge on any atom is 0.337 e. The molecule has 1 atom stereocenters. The van der Waals surface area contributed by atoms with Gasteiger partial charge in [0.1, 0.15) is 11.6 Å². The summed E-state index contributed by atoms with van der Waals surface area (Å²) in [5, 5.41) is 11.1. The van der Waals surface area contributed by atoms with Gasteiger partial charge in [-0.2, -0.15) is 0 Å². The lowest BCUT2D eigenvalue weighted by Crippen LogP contribution is -2.31. The van der Waals surface area contributed by atoms with Crippen molar-refractivity contribution >= 4 is 23.4 Å². The molecule has 1 N–H and O–H groups in total. The first-order valence-electron chi connectivity index (χ1n) is 11.7. The van der Waals surface area contributed by atoms with Crippen LogP contribution in [0.5, 0.6) is 11.5 Å². The number of Topliss-reactive ketones (excluding diaryl/α,β-unsaturated/α-hetero) is 1. The second-order valence-corrected chi connectivity index (χ2v) is 8.55. The van der Waals surface area contributed by atoms with Gasteiger partial charge in [-0.05, 0) is 66.1 Å². The molecule has 8 nitrogen and oxygen atoms in total. The first kappa shape index (κ1) is 26.4. The predicted octanol–water partition coefficient (Wildman–Crippen LogP) is 4.29. The van der Waals surface area contributed by atoms with Gasteiger partial charge < -0.3 is 24.2 Å². The molecule has 0 aliphatic carbocycles. The summed E-state index contributed by atoms with van der Waals surface area (Å²) in [6.07, 6.45) is 0.376. The standard InChI is InChI=1S/C29H26FNO7/c1-36-22-13-4-17(16-23(22)37-2)14-15-31-25(18-5-7-20(8-6-18)29(35)38-3)24(27(33)28(31)34)26(32)19-9-11-21(30)12-10-19/h4-13,16,25,32H,14-15H2,1-3H3/b26-24-. The van der Waals surface area contributed by atoms with Crippen molar-refractivity contribution in [1.29, 1.82) is 0 Å². The molecule has 4 rings (SSSR count). The first-order valence-corrected chi connectivity index (χ1v) is 11.7. The van der Waals surface area contributed by atoms with Gasteiger partial charge in [0.25, 0.3) is 11.7 Å². The van der Waals surface area contributed by atoms with Gasteiger partial charge >= 0.3 is 5.97 Å². The summed E-state index contributed by atoms with van der Waals surface area (Å²) in [4.78, 5) is 39.7. The van der Waals surface area contributed by atoms with Gasteiger partial charge in [0.15, 0.2) is 11.5 Å². The Labute approximate surface area is 218 Å². The van der Waals surface area contributed by atoms with E-state index in [-0.39, 0.29) is 23.2 Å². The summed E-state index contributed by atoms with van der Waals surface area (Å²) in [6, 6.07) is 15.6. The Balaban J connectivity index is 1.75. The molecule has 9 heteroatoms. The Kier molecular flexibility index (Phi) is 7.76. The van der Waals surface area contributed by atoms with E-state index in [4.69, 9.17) is 14.2 Å². The van der Waals surface area contributed by atoms with E-state index in [2.05, 4.69) is 0 Å². The fourth-order valence-corrected chi connectivity index (χ4v) is 4.43. The van der Waals surface area contributed by atoms with Gasteiger partial charge in [0.2, 0.25) is 0 Å². The third kappa shape index (κ3) is 5.08. The Morgan fingerprint density at radius 1 is 0.895 bits per heavy atom. The number of esters is 1. The van der Waals surface area contributed by atoms with Gasteiger partial charge in [0, 0.05) is 12.1 Å².